The Kier molecular flexibility index (Phi) is 5.21. The van der Waals surface area contributed by atoms with Crippen LogP contribution in [-0.4, -0.2) is 5.43 Å². The van der Waals surface area contributed by atoms with Crippen LogP contribution < -0.4 is 0 Å². The van der Waals surface area contributed by atoms with Crippen LogP contribution in [0, 0.1) is 0 Å². The van der Waals surface area contributed by atoms with Gasteiger partial charge in [0.1, 0.15) is 0 Å². The van der Waals surface area contributed by atoms with E-state index in [2.05, 4.69) is 51.2 Å². The molecule has 0 unspecified atom stereocenters. The van der Waals surface area contributed by atoms with Gasteiger partial charge in [-0.15, -0.1) is 0 Å². The Balaban J connectivity index is 2.23. The molecule has 0 nitrogen and oxygen atoms in total. The van der Waals surface area contributed by atoms with E-state index in [4.69, 9.17) is 0 Å². The summed E-state index contributed by atoms with van der Waals surface area (Å²) in [7, 11) is 0. The van der Waals surface area contributed by atoms with Gasteiger partial charge < -0.3 is 0 Å². The molecule has 0 bridgehead atoms. The van der Waals surface area contributed by atoms with Crippen molar-refractivity contribution in [2.24, 2.45) is 0 Å². The molecule has 0 atom stereocenters. The summed E-state index contributed by atoms with van der Waals surface area (Å²) in [5.74, 6) is 0. The second-order valence-electron chi connectivity index (χ2n) is 5.58. The SMILES string of the molecule is CCCC1=C(C)C=[C]([Zr]([C]2=CC=CC2)=[Si](C)C)C1. The summed E-state index contributed by atoms with van der Waals surface area (Å²) >= 11 is -1.44. The Labute approximate surface area is 120 Å². The van der Waals surface area contributed by atoms with Crippen LogP contribution in [0.5, 0.6) is 0 Å². The van der Waals surface area contributed by atoms with Gasteiger partial charge in [-0.05, 0) is 0 Å². The zero-order valence-electron chi connectivity index (χ0n) is 12.1. The number of rotatable bonds is 4. The molecule has 0 spiro atoms. The van der Waals surface area contributed by atoms with Crippen LogP contribution in [0.3, 0.4) is 0 Å². The third-order valence-corrected chi connectivity index (χ3v) is 20.8. The van der Waals surface area contributed by atoms with Crippen LogP contribution >= 0.6 is 0 Å². The van der Waals surface area contributed by atoms with E-state index in [1.54, 1.807) is 11.1 Å². The molecule has 2 aliphatic rings. The van der Waals surface area contributed by atoms with E-state index < -0.39 is 20.4 Å². The standard InChI is InChI=1S/C9H13.C5H5.C2H6Si.Zr/c1-3-5-9-7-4-6-8(9)2;1-2-4-5-3-1;1-3-2;/h6H,3,5,7H2,1-2H3;1-3H,4H2;1-2H3;. The predicted molar refractivity (Wildman–Crippen MR) is 79.6 cm³/mol. The maximum absolute atomic E-state index is 2.58. The third-order valence-electron chi connectivity index (χ3n) is 3.82. The van der Waals surface area contributed by atoms with Gasteiger partial charge >= 0.3 is 120 Å². The average Bonchev–Trinajstić information content (AvgIpc) is 2.91. The normalized spacial score (nSPS) is 18.2. The van der Waals surface area contributed by atoms with Gasteiger partial charge in [-0.3, -0.25) is 0 Å². The predicted octanol–water partition coefficient (Wildman–Crippen LogP) is 5.10. The molecule has 0 aromatic carbocycles. The molecular formula is C16H24SiZr. The van der Waals surface area contributed by atoms with Gasteiger partial charge in [0.05, 0.1) is 0 Å². The number of hydrogen-bond donors (Lipinski definition) is 0. The van der Waals surface area contributed by atoms with Crippen molar-refractivity contribution in [2.75, 3.05) is 0 Å². The minimum absolute atomic E-state index is 0.106. The summed E-state index contributed by atoms with van der Waals surface area (Å²) in [6.07, 6.45) is 14.9. The fourth-order valence-corrected chi connectivity index (χ4v) is 20.1. The fourth-order valence-electron chi connectivity index (χ4n) is 3.01. The van der Waals surface area contributed by atoms with Gasteiger partial charge in [-0.1, -0.05) is 0 Å². The van der Waals surface area contributed by atoms with E-state index >= 15 is 0 Å². The summed E-state index contributed by atoms with van der Waals surface area (Å²) in [6.45, 7) is 9.73. The van der Waals surface area contributed by atoms with E-state index in [9.17, 15) is 0 Å². The Morgan fingerprint density at radius 2 is 2.06 bits per heavy atom. The van der Waals surface area contributed by atoms with E-state index in [-0.39, 0.29) is 5.43 Å². The first-order valence-electron chi connectivity index (χ1n) is 7.06. The van der Waals surface area contributed by atoms with Gasteiger partial charge in [-0.25, -0.2) is 0 Å². The van der Waals surface area contributed by atoms with Crippen molar-refractivity contribution < 1.29 is 20.4 Å². The minimum atomic E-state index is -1.44. The molecule has 0 fully saturated rings. The van der Waals surface area contributed by atoms with E-state index in [0.717, 1.165) is 0 Å². The average molecular weight is 336 g/mol. The van der Waals surface area contributed by atoms with Crippen molar-refractivity contribution in [3.63, 3.8) is 0 Å². The van der Waals surface area contributed by atoms with Crippen molar-refractivity contribution in [3.8, 4) is 0 Å². The molecule has 96 valence electrons. The van der Waals surface area contributed by atoms with Crippen LogP contribution in [0.1, 0.15) is 39.5 Å². The molecule has 2 aliphatic carbocycles. The van der Waals surface area contributed by atoms with Crippen molar-refractivity contribution in [1.82, 2.24) is 0 Å². The second-order valence-corrected chi connectivity index (χ2v) is 22.9. The van der Waals surface area contributed by atoms with Crippen LogP contribution in [0.15, 0.2) is 42.0 Å². The molecule has 0 N–H and O–H groups in total. The quantitative estimate of drug-likeness (QED) is 0.627. The molecule has 0 aliphatic heterocycles. The van der Waals surface area contributed by atoms with Crippen molar-refractivity contribution >= 4 is 5.43 Å². The summed E-state index contributed by atoms with van der Waals surface area (Å²) in [5.41, 5.74) is 3.23. The molecule has 0 heterocycles. The zero-order valence-corrected chi connectivity index (χ0v) is 15.6. The second kappa shape index (κ2) is 6.48. The van der Waals surface area contributed by atoms with E-state index in [0.29, 0.717) is 0 Å². The Morgan fingerprint density at radius 1 is 1.28 bits per heavy atom. The van der Waals surface area contributed by atoms with Crippen LogP contribution in [0.25, 0.3) is 0 Å². The van der Waals surface area contributed by atoms with Gasteiger partial charge in [0.15, 0.2) is 0 Å². The Bertz CT molecular complexity index is 497. The molecule has 0 saturated heterocycles. The van der Waals surface area contributed by atoms with E-state index in [1.165, 1.54) is 25.7 Å². The van der Waals surface area contributed by atoms with Gasteiger partial charge in [-0.2, -0.15) is 0 Å². The summed E-state index contributed by atoms with van der Waals surface area (Å²) in [4.78, 5) is 0. The molecular weight excluding hydrogens is 311 g/mol. The number of allylic oxidation sites excluding steroid dienone is 8. The first-order chi connectivity index (χ1) is 8.63. The molecule has 0 aromatic rings. The van der Waals surface area contributed by atoms with Gasteiger partial charge in [0, 0.05) is 0 Å². The molecule has 0 amide bonds. The molecule has 0 radical (unpaired) electrons. The summed E-state index contributed by atoms with van der Waals surface area (Å²) in [5, 5.41) is 0. The zero-order chi connectivity index (χ0) is 13.1. The first-order valence-corrected chi connectivity index (χ1v) is 15.7. The topological polar surface area (TPSA) is 0 Å². The van der Waals surface area contributed by atoms with Gasteiger partial charge in [0.25, 0.3) is 0 Å². The molecule has 2 heteroatoms. The van der Waals surface area contributed by atoms with Crippen LogP contribution in [0.4, 0.5) is 0 Å². The van der Waals surface area contributed by atoms with Crippen molar-refractivity contribution in [3.05, 3.63) is 42.0 Å². The van der Waals surface area contributed by atoms with Crippen LogP contribution in [0.2, 0.25) is 13.1 Å². The monoisotopic (exact) mass is 334 g/mol. The Hall–Kier alpha value is 0.0600. The maximum atomic E-state index is 2.58. The molecule has 0 aromatic heterocycles. The first kappa shape index (κ1) is 14.5. The molecule has 18 heavy (non-hydrogen) atoms. The van der Waals surface area contributed by atoms with Crippen molar-refractivity contribution in [2.45, 2.75) is 52.6 Å². The van der Waals surface area contributed by atoms with Crippen molar-refractivity contribution in [1.29, 1.82) is 0 Å². The molecule has 2 rings (SSSR count). The molecule has 0 saturated carbocycles. The number of hydrogen-bond acceptors (Lipinski definition) is 0. The Morgan fingerprint density at radius 3 is 2.61 bits per heavy atom. The third kappa shape index (κ3) is 3.14. The summed E-state index contributed by atoms with van der Waals surface area (Å²) in [6, 6.07) is 0. The van der Waals surface area contributed by atoms with Gasteiger partial charge in [0.2, 0.25) is 0 Å². The summed E-state index contributed by atoms with van der Waals surface area (Å²) < 4.78 is 3.75. The van der Waals surface area contributed by atoms with Crippen LogP contribution in [-0.2, 0) is 20.4 Å². The van der Waals surface area contributed by atoms with E-state index in [1.807, 2.05) is 6.56 Å². The fraction of sp³-hybridized carbons (Fsp3) is 0.500.